The van der Waals surface area contributed by atoms with E-state index in [1.165, 1.54) is 25.2 Å². The van der Waals surface area contributed by atoms with E-state index in [1.54, 1.807) is 5.30 Å². The summed E-state index contributed by atoms with van der Waals surface area (Å²) in [5, 5.41) is 1.64. The molecule has 1 heterocycles. The molecular weight excluding hydrogens is 175 g/mol. The first-order valence-corrected chi connectivity index (χ1v) is 8.66. The van der Waals surface area contributed by atoms with Gasteiger partial charge in [-0.15, -0.1) is 0 Å². The summed E-state index contributed by atoms with van der Waals surface area (Å²) in [7, 11) is 0. The van der Waals surface area contributed by atoms with Gasteiger partial charge in [-0.2, -0.15) is 0 Å². The Morgan fingerprint density at radius 3 is 2.00 bits per heavy atom. The number of hydrogen-bond donors (Lipinski definition) is 0. The van der Waals surface area contributed by atoms with Crippen LogP contribution < -0.4 is 5.30 Å². The molecule has 72 valence electrons. The van der Waals surface area contributed by atoms with Gasteiger partial charge in [0.15, 0.2) is 0 Å². The van der Waals surface area contributed by atoms with Gasteiger partial charge in [0.1, 0.15) is 0 Å². The van der Waals surface area contributed by atoms with Crippen LogP contribution in [0, 0.1) is 0 Å². The van der Waals surface area contributed by atoms with Gasteiger partial charge in [0.25, 0.3) is 0 Å². The van der Waals surface area contributed by atoms with E-state index in [-0.39, 0.29) is 0 Å². The van der Waals surface area contributed by atoms with E-state index >= 15 is 0 Å². The topological polar surface area (TPSA) is 0 Å². The molecule has 0 aliphatic carbocycles. The molecule has 1 fully saturated rings. The Labute approximate surface area is 81.3 Å². The van der Waals surface area contributed by atoms with Crippen molar-refractivity contribution in [3.63, 3.8) is 0 Å². The number of rotatable bonds is 1. The molecule has 0 nitrogen and oxygen atoms in total. The van der Waals surface area contributed by atoms with Crippen LogP contribution in [0.4, 0.5) is 0 Å². The summed E-state index contributed by atoms with van der Waals surface area (Å²) in [6.45, 7) is 3.67. The third-order valence-corrected chi connectivity index (χ3v) is 9.20. The van der Waals surface area contributed by atoms with Crippen LogP contribution in [0.5, 0.6) is 0 Å². The minimum atomic E-state index is -1.43. The first-order chi connectivity index (χ1) is 6.10. The minimum absolute atomic E-state index is 1.43. The SMILES string of the molecule is CP1(C)(c2ccccc2)CCCC1. The van der Waals surface area contributed by atoms with Crippen LogP contribution in [-0.4, -0.2) is 25.7 Å². The first kappa shape index (κ1) is 9.21. The van der Waals surface area contributed by atoms with Crippen molar-refractivity contribution in [2.75, 3.05) is 25.7 Å². The van der Waals surface area contributed by atoms with E-state index in [4.69, 9.17) is 0 Å². The normalized spacial score (nSPS) is 27.7. The van der Waals surface area contributed by atoms with Gasteiger partial charge in [0.05, 0.1) is 0 Å². The zero-order chi connectivity index (χ0) is 9.39. The second-order valence-electron chi connectivity index (χ2n) is 5.19. The van der Waals surface area contributed by atoms with Crippen molar-refractivity contribution in [3.05, 3.63) is 30.3 Å². The Balaban J connectivity index is 2.44. The van der Waals surface area contributed by atoms with Crippen molar-refractivity contribution >= 4 is 11.9 Å². The van der Waals surface area contributed by atoms with E-state index in [1.807, 2.05) is 0 Å². The van der Waals surface area contributed by atoms with Crippen molar-refractivity contribution in [1.29, 1.82) is 0 Å². The molecule has 1 aliphatic heterocycles. The van der Waals surface area contributed by atoms with E-state index in [0.29, 0.717) is 0 Å². The Morgan fingerprint density at radius 1 is 0.923 bits per heavy atom. The maximum atomic E-state index is 2.55. The van der Waals surface area contributed by atoms with Gasteiger partial charge < -0.3 is 0 Å². The van der Waals surface area contributed by atoms with E-state index < -0.39 is 6.60 Å². The molecule has 0 bridgehead atoms. The second-order valence-corrected chi connectivity index (χ2v) is 12.0. The molecule has 0 amide bonds. The standard InChI is InChI=1S/C12H19P/c1-13(2,10-6-7-11-13)12-8-4-3-5-9-12/h3-5,8-9H,6-7,10-11H2,1-2H3. The molecule has 1 aromatic carbocycles. The first-order valence-electron chi connectivity index (χ1n) is 5.16. The Hall–Kier alpha value is -0.350. The summed E-state index contributed by atoms with van der Waals surface area (Å²) < 4.78 is 0. The summed E-state index contributed by atoms with van der Waals surface area (Å²) in [4.78, 5) is 0. The third kappa shape index (κ3) is 1.53. The number of hydrogen-bond acceptors (Lipinski definition) is 0. The van der Waals surface area contributed by atoms with Crippen LogP contribution in [0.3, 0.4) is 0 Å². The second kappa shape index (κ2) is 2.82. The van der Waals surface area contributed by atoms with E-state index in [0.717, 1.165) is 0 Å². The molecule has 13 heavy (non-hydrogen) atoms. The predicted molar refractivity (Wildman–Crippen MR) is 63.8 cm³/mol. The van der Waals surface area contributed by atoms with Crippen molar-refractivity contribution in [3.8, 4) is 0 Å². The predicted octanol–water partition coefficient (Wildman–Crippen LogP) is 2.92. The van der Waals surface area contributed by atoms with Crippen molar-refractivity contribution in [1.82, 2.24) is 0 Å². The van der Waals surface area contributed by atoms with Crippen molar-refractivity contribution in [2.24, 2.45) is 0 Å². The Bertz CT molecular complexity index is 290. The molecule has 0 unspecified atom stereocenters. The molecule has 1 aliphatic rings. The third-order valence-electron chi connectivity index (χ3n) is 3.64. The van der Waals surface area contributed by atoms with Crippen molar-refractivity contribution in [2.45, 2.75) is 12.8 Å². The van der Waals surface area contributed by atoms with Crippen LogP contribution in [-0.2, 0) is 0 Å². The van der Waals surface area contributed by atoms with Gasteiger partial charge in [0, 0.05) is 0 Å². The fraction of sp³-hybridized carbons (Fsp3) is 0.500. The quantitative estimate of drug-likeness (QED) is 0.603. The van der Waals surface area contributed by atoms with Crippen LogP contribution in [0.25, 0.3) is 0 Å². The molecule has 1 aromatic rings. The van der Waals surface area contributed by atoms with Gasteiger partial charge >= 0.3 is 80.7 Å². The molecule has 2 rings (SSSR count). The van der Waals surface area contributed by atoms with E-state index in [2.05, 4.69) is 43.7 Å². The average Bonchev–Trinajstić information content (AvgIpc) is 2.51. The maximum absolute atomic E-state index is 2.55. The van der Waals surface area contributed by atoms with Gasteiger partial charge in [-0.05, 0) is 0 Å². The molecule has 0 N–H and O–H groups in total. The summed E-state index contributed by atoms with van der Waals surface area (Å²) >= 11 is 0. The number of benzene rings is 1. The zero-order valence-corrected chi connectivity index (χ0v) is 9.56. The van der Waals surface area contributed by atoms with Gasteiger partial charge in [-0.25, -0.2) is 0 Å². The van der Waals surface area contributed by atoms with Gasteiger partial charge in [-0.3, -0.25) is 0 Å². The fourth-order valence-corrected chi connectivity index (χ4v) is 6.95. The zero-order valence-electron chi connectivity index (χ0n) is 8.66. The molecule has 0 radical (unpaired) electrons. The molecule has 0 aromatic heterocycles. The van der Waals surface area contributed by atoms with Gasteiger partial charge in [-0.1, -0.05) is 0 Å². The van der Waals surface area contributed by atoms with Crippen LogP contribution in [0.1, 0.15) is 12.8 Å². The van der Waals surface area contributed by atoms with E-state index in [9.17, 15) is 0 Å². The molecular formula is C12H19P. The summed E-state index contributed by atoms with van der Waals surface area (Å²) in [6, 6.07) is 11.2. The Kier molecular flexibility index (Phi) is 2.00. The van der Waals surface area contributed by atoms with Crippen LogP contribution in [0.2, 0.25) is 0 Å². The monoisotopic (exact) mass is 194 g/mol. The Morgan fingerprint density at radius 2 is 1.46 bits per heavy atom. The molecule has 0 saturated carbocycles. The summed E-state index contributed by atoms with van der Waals surface area (Å²) in [6.07, 6.45) is 5.82. The summed E-state index contributed by atoms with van der Waals surface area (Å²) in [5.41, 5.74) is 0. The molecule has 0 atom stereocenters. The average molecular weight is 194 g/mol. The van der Waals surface area contributed by atoms with Crippen LogP contribution >= 0.6 is 6.60 Å². The van der Waals surface area contributed by atoms with Crippen molar-refractivity contribution < 1.29 is 0 Å². The molecule has 0 spiro atoms. The fourth-order valence-electron chi connectivity index (χ4n) is 2.54. The molecule has 1 heteroatoms. The summed E-state index contributed by atoms with van der Waals surface area (Å²) in [5.74, 6) is 0. The van der Waals surface area contributed by atoms with Crippen LogP contribution in [0.15, 0.2) is 30.3 Å². The van der Waals surface area contributed by atoms with Gasteiger partial charge in [0.2, 0.25) is 0 Å². The molecule has 1 saturated heterocycles.